The molecule has 2 aromatic carbocycles. The number of rotatable bonds is 5. The lowest BCUT2D eigenvalue weighted by Gasteiger charge is -2.10. The van der Waals surface area contributed by atoms with Gasteiger partial charge in [0.05, 0.1) is 12.7 Å². The molecule has 0 amide bonds. The van der Waals surface area contributed by atoms with Gasteiger partial charge < -0.3 is 14.6 Å². The van der Waals surface area contributed by atoms with Crippen molar-refractivity contribution < 1.29 is 19.4 Å². The van der Waals surface area contributed by atoms with Crippen molar-refractivity contribution in [2.75, 3.05) is 7.11 Å². The zero-order chi connectivity index (χ0) is 14.5. The Bertz CT molecular complexity index is 620. The van der Waals surface area contributed by atoms with E-state index in [-0.39, 0.29) is 11.5 Å². The Labute approximate surface area is 117 Å². The lowest BCUT2D eigenvalue weighted by Crippen LogP contribution is -2.00. The van der Waals surface area contributed by atoms with E-state index >= 15 is 0 Å². The van der Waals surface area contributed by atoms with E-state index in [4.69, 9.17) is 9.47 Å². The number of benzene rings is 2. The SMILES string of the molecule is COc1cc(OCc2cccc(O)c2)ccc1C(C)=O. The molecule has 0 bridgehead atoms. The van der Waals surface area contributed by atoms with Crippen LogP contribution >= 0.6 is 0 Å². The van der Waals surface area contributed by atoms with Gasteiger partial charge >= 0.3 is 0 Å². The fourth-order valence-electron chi connectivity index (χ4n) is 1.87. The van der Waals surface area contributed by atoms with Crippen LogP contribution in [-0.2, 0) is 6.61 Å². The Morgan fingerprint density at radius 3 is 2.65 bits per heavy atom. The number of methoxy groups -OCH3 is 1. The van der Waals surface area contributed by atoms with Gasteiger partial charge in [0.1, 0.15) is 23.9 Å². The van der Waals surface area contributed by atoms with Crippen molar-refractivity contribution in [3.8, 4) is 17.2 Å². The molecule has 0 aliphatic rings. The molecule has 0 heterocycles. The Kier molecular flexibility index (Phi) is 4.25. The van der Waals surface area contributed by atoms with Crippen LogP contribution in [0.5, 0.6) is 17.2 Å². The number of Topliss-reactive ketones (excluding diaryl/α,β-unsaturated/α-hetero) is 1. The van der Waals surface area contributed by atoms with Gasteiger partial charge in [-0.25, -0.2) is 0 Å². The molecule has 0 spiro atoms. The maximum absolute atomic E-state index is 11.4. The molecule has 0 fully saturated rings. The monoisotopic (exact) mass is 272 g/mol. The molecular weight excluding hydrogens is 256 g/mol. The number of aromatic hydroxyl groups is 1. The predicted molar refractivity (Wildman–Crippen MR) is 75.4 cm³/mol. The first-order valence-electron chi connectivity index (χ1n) is 6.20. The van der Waals surface area contributed by atoms with E-state index in [1.54, 1.807) is 36.4 Å². The molecule has 0 saturated carbocycles. The summed E-state index contributed by atoms with van der Waals surface area (Å²) in [5.41, 5.74) is 1.39. The van der Waals surface area contributed by atoms with Crippen LogP contribution < -0.4 is 9.47 Å². The molecule has 2 rings (SSSR count). The number of hydrogen-bond acceptors (Lipinski definition) is 4. The molecule has 20 heavy (non-hydrogen) atoms. The van der Waals surface area contributed by atoms with Crippen molar-refractivity contribution >= 4 is 5.78 Å². The first-order chi connectivity index (χ1) is 9.60. The van der Waals surface area contributed by atoms with Gasteiger partial charge in [-0.05, 0) is 36.8 Å². The van der Waals surface area contributed by atoms with Crippen LogP contribution in [0, 0.1) is 0 Å². The van der Waals surface area contributed by atoms with Crippen LogP contribution in [-0.4, -0.2) is 18.0 Å². The van der Waals surface area contributed by atoms with Crippen LogP contribution in [0.1, 0.15) is 22.8 Å². The van der Waals surface area contributed by atoms with Crippen molar-refractivity contribution in [1.82, 2.24) is 0 Å². The van der Waals surface area contributed by atoms with Crippen molar-refractivity contribution in [3.05, 3.63) is 53.6 Å². The van der Waals surface area contributed by atoms with Gasteiger partial charge in [0, 0.05) is 6.07 Å². The summed E-state index contributed by atoms with van der Waals surface area (Å²) < 4.78 is 10.8. The van der Waals surface area contributed by atoms with Gasteiger partial charge in [-0.15, -0.1) is 0 Å². The van der Waals surface area contributed by atoms with Crippen LogP contribution in [0.2, 0.25) is 0 Å². The highest BCUT2D eigenvalue weighted by Gasteiger charge is 2.09. The molecule has 2 aromatic rings. The second-order valence-corrected chi connectivity index (χ2v) is 4.38. The van der Waals surface area contributed by atoms with Crippen molar-refractivity contribution in [3.63, 3.8) is 0 Å². The predicted octanol–water partition coefficient (Wildman–Crippen LogP) is 3.18. The Balaban J connectivity index is 2.12. The second kappa shape index (κ2) is 6.10. The molecule has 0 saturated heterocycles. The molecule has 0 atom stereocenters. The number of carbonyl (C=O) groups is 1. The molecule has 104 valence electrons. The first kappa shape index (κ1) is 13.9. The highest BCUT2D eigenvalue weighted by molar-refractivity contribution is 5.97. The molecule has 0 aliphatic carbocycles. The Morgan fingerprint density at radius 2 is 2.00 bits per heavy atom. The number of ketones is 1. The first-order valence-corrected chi connectivity index (χ1v) is 6.20. The minimum Gasteiger partial charge on any atom is -0.508 e. The average molecular weight is 272 g/mol. The Hall–Kier alpha value is -2.49. The fourth-order valence-corrected chi connectivity index (χ4v) is 1.87. The van der Waals surface area contributed by atoms with E-state index in [0.717, 1.165) is 5.56 Å². The molecule has 0 aliphatic heterocycles. The minimum absolute atomic E-state index is 0.0543. The summed E-state index contributed by atoms with van der Waals surface area (Å²) in [7, 11) is 1.51. The average Bonchev–Trinajstić information content (AvgIpc) is 2.44. The molecule has 4 nitrogen and oxygen atoms in total. The highest BCUT2D eigenvalue weighted by atomic mass is 16.5. The third-order valence-corrected chi connectivity index (χ3v) is 2.87. The number of phenolic OH excluding ortho intramolecular Hbond substituents is 1. The number of phenols is 1. The van der Waals surface area contributed by atoms with Crippen molar-refractivity contribution in [2.24, 2.45) is 0 Å². The lowest BCUT2D eigenvalue weighted by atomic mass is 10.1. The summed E-state index contributed by atoms with van der Waals surface area (Å²) in [4.78, 5) is 11.4. The van der Waals surface area contributed by atoms with Crippen LogP contribution in [0.25, 0.3) is 0 Å². The van der Waals surface area contributed by atoms with E-state index in [1.807, 2.05) is 6.07 Å². The summed E-state index contributed by atoms with van der Waals surface area (Å²) in [6.07, 6.45) is 0. The molecular formula is C16H16O4. The van der Waals surface area contributed by atoms with Crippen LogP contribution in [0.15, 0.2) is 42.5 Å². The summed E-state index contributed by atoms with van der Waals surface area (Å²) in [6, 6.07) is 11.9. The zero-order valence-corrected chi connectivity index (χ0v) is 11.4. The molecule has 0 unspecified atom stereocenters. The number of carbonyl (C=O) groups excluding carboxylic acids is 1. The van der Waals surface area contributed by atoms with Gasteiger partial charge in [0.15, 0.2) is 5.78 Å². The highest BCUT2D eigenvalue weighted by Crippen LogP contribution is 2.26. The Morgan fingerprint density at radius 1 is 1.20 bits per heavy atom. The van der Waals surface area contributed by atoms with E-state index in [2.05, 4.69) is 0 Å². The lowest BCUT2D eigenvalue weighted by molar-refractivity contribution is 0.101. The van der Waals surface area contributed by atoms with Gasteiger partial charge in [-0.2, -0.15) is 0 Å². The van der Waals surface area contributed by atoms with E-state index in [9.17, 15) is 9.90 Å². The maximum atomic E-state index is 11.4. The summed E-state index contributed by atoms with van der Waals surface area (Å²) in [5, 5.41) is 9.38. The van der Waals surface area contributed by atoms with E-state index in [1.165, 1.54) is 14.0 Å². The summed E-state index contributed by atoms with van der Waals surface area (Å²) in [6.45, 7) is 1.82. The van der Waals surface area contributed by atoms with Crippen molar-refractivity contribution in [2.45, 2.75) is 13.5 Å². The quantitative estimate of drug-likeness (QED) is 0.849. The summed E-state index contributed by atoms with van der Waals surface area (Å²) in [5.74, 6) is 1.25. The molecule has 0 radical (unpaired) electrons. The van der Waals surface area contributed by atoms with Gasteiger partial charge in [0.2, 0.25) is 0 Å². The van der Waals surface area contributed by atoms with Gasteiger partial charge in [-0.3, -0.25) is 4.79 Å². The smallest absolute Gasteiger partial charge is 0.163 e. The zero-order valence-electron chi connectivity index (χ0n) is 11.4. The van der Waals surface area contributed by atoms with Gasteiger partial charge in [-0.1, -0.05) is 12.1 Å². The number of ether oxygens (including phenoxy) is 2. The molecule has 0 aromatic heterocycles. The standard InChI is InChI=1S/C16H16O4/c1-11(17)15-7-6-14(9-16(15)19-2)20-10-12-4-3-5-13(18)8-12/h3-9,18H,10H2,1-2H3. The topological polar surface area (TPSA) is 55.8 Å². The molecule has 1 N–H and O–H groups in total. The third-order valence-electron chi connectivity index (χ3n) is 2.87. The van der Waals surface area contributed by atoms with E-state index in [0.29, 0.717) is 23.7 Å². The second-order valence-electron chi connectivity index (χ2n) is 4.38. The number of hydrogen-bond donors (Lipinski definition) is 1. The van der Waals surface area contributed by atoms with Gasteiger partial charge in [0.25, 0.3) is 0 Å². The molecule has 4 heteroatoms. The summed E-state index contributed by atoms with van der Waals surface area (Å²) >= 11 is 0. The minimum atomic E-state index is -0.0543. The van der Waals surface area contributed by atoms with E-state index < -0.39 is 0 Å². The van der Waals surface area contributed by atoms with Crippen molar-refractivity contribution in [1.29, 1.82) is 0 Å². The third kappa shape index (κ3) is 3.29. The normalized spacial score (nSPS) is 10.1. The largest absolute Gasteiger partial charge is 0.508 e. The van der Waals surface area contributed by atoms with Crippen LogP contribution in [0.3, 0.4) is 0 Å². The fraction of sp³-hybridized carbons (Fsp3) is 0.188. The van der Waals surface area contributed by atoms with Crippen LogP contribution in [0.4, 0.5) is 0 Å². The maximum Gasteiger partial charge on any atom is 0.163 e.